The average Bonchev–Trinajstić information content (AvgIpc) is 2.36. The summed E-state index contributed by atoms with van der Waals surface area (Å²) in [5, 5.41) is 8.94. The van der Waals surface area contributed by atoms with E-state index < -0.39 is 6.04 Å². The zero-order chi connectivity index (χ0) is 13.9. The van der Waals surface area contributed by atoms with Crippen LogP contribution in [0.25, 0.3) is 0 Å². The number of carbonyl (C=O) groups excluding carboxylic acids is 1. The fraction of sp³-hybridized carbons (Fsp3) is 0.500. The van der Waals surface area contributed by atoms with Crippen LogP contribution in [-0.2, 0) is 4.79 Å². The largest absolute Gasteiger partial charge is 0.394 e. The lowest BCUT2D eigenvalue weighted by Gasteiger charge is -2.23. The molecule has 0 saturated carbocycles. The quantitative estimate of drug-likeness (QED) is 0.849. The molecule has 0 aromatic heterocycles. The van der Waals surface area contributed by atoms with E-state index in [1.807, 2.05) is 19.1 Å². The van der Waals surface area contributed by atoms with Gasteiger partial charge in [0.15, 0.2) is 0 Å². The Balaban J connectivity index is 3.08. The van der Waals surface area contributed by atoms with Crippen molar-refractivity contribution in [1.29, 1.82) is 0 Å². The number of aliphatic hydroxyl groups is 1. The van der Waals surface area contributed by atoms with Crippen LogP contribution >= 0.6 is 0 Å². The van der Waals surface area contributed by atoms with Crippen LogP contribution in [-0.4, -0.2) is 30.7 Å². The molecule has 100 valence electrons. The van der Waals surface area contributed by atoms with Crippen LogP contribution in [0.5, 0.6) is 0 Å². The molecule has 4 heteroatoms. The Morgan fingerprint density at radius 2 is 2.06 bits per heavy atom. The Morgan fingerprint density at radius 1 is 1.44 bits per heavy atom. The van der Waals surface area contributed by atoms with E-state index in [0.717, 1.165) is 11.3 Å². The number of rotatable bonds is 4. The lowest BCUT2D eigenvalue weighted by atomic mass is 10.00. The third kappa shape index (κ3) is 3.09. The maximum Gasteiger partial charge on any atom is 0.246 e. The minimum absolute atomic E-state index is 0.276. The Hall–Kier alpha value is -1.39. The molecule has 0 aliphatic carbocycles. The number of anilines is 1. The monoisotopic (exact) mass is 250 g/mol. The lowest BCUT2D eigenvalue weighted by Crippen LogP contribution is -2.44. The second-order valence-electron chi connectivity index (χ2n) is 4.89. The Morgan fingerprint density at radius 3 is 2.56 bits per heavy atom. The van der Waals surface area contributed by atoms with E-state index in [1.165, 1.54) is 10.5 Å². The summed E-state index contributed by atoms with van der Waals surface area (Å²) in [6.45, 7) is 5.82. The first-order valence-electron chi connectivity index (χ1n) is 6.13. The topological polar surface area (TPSA) is 66.6 Å². The van der Waals surface area contributed by atoms with Crippen molar-refractivity contribution in [3.63, 3.8) is 0 Å². The van der Waals surface area contributed by atoms with Crippen molar-refractivity contribution in [2.45, 2.75) is 32.7 Å². The average molecular weight is 250 g/mol. The molecule has 1 aromatic carbocycles. The van der Waals surface area contributed by atoms with Gasteiger partial charge < -0.3 is 15.7 Å². The van der Waals surface area contributed by atoms with E-state index in [0.29, 0.717) is 5.92 Å². The highest BCUT2D eigenvalue weighted by Crippen LogP contribution is 2.25. The molecule has 1 rings (SSSR count). The van der Waals surface area contributed by atoms with E-state index in [2.05, 4.69) is 19.9 Å². The molecule has 1 atom stereocenters. The number of amides is 1. The molecule has 0 aliphatic rings. The minimum atomic E-state index is -0.864. The molecule has 4 nitrogen and oxygen atoms in total. The highest BCUT2D eigenvalue weighted by molar-refractivity contribution is 5.97. The van der Waals surface area contributed by atoms with Crippen LogP contribution in [0.3, 0.4) is 0 Å². The molecule has 3 N–H and O–H groups in total. The number of nitrogens with zero attached hydrogens (tertiary/aromatic N) is 1. The van der Waals surface area contributed by atoms with Gasteiger partial charge in [-0.2, -0.15) is 0 Å². The molecule has 1 amide bonds. The molecule has 0 bridgehead atoms. The number of aliphatic hydroxyl groups excluding tert-OH is 1. The zero-order valence-electron chi connectivity index (χ0n) is 11.5. The maximum absolute atomic E-state index is 11.9. The molecular formula is C14H22N2O2. The van der Waals surface area contributed by atoms with Gasteiger partial charge in [0.25, 0.3) is 0 Å². The standard InChI is InChI=1S/C14H22N2O2/c1-9(2)11-6-5-10(3)13(7-11)16(4)14(18)12(15)8-17/h5-7,9,12,17H,8,15H2,1-4H3. The van der Waals surface area contributed by atoms with E-state index in [-0.39, 0.29) is 12.5 Å². The van der Waals surface area contributed by atoms with Crippen molar-refractivity contribution in [3.05, 3.63) is 29.3 Å². The molecule has 0 heterocycles. The van der Waals surface area contributed by atoms with E-state index in [4.69, 9.17) is 10.8 Å². The summed E-state index contributed by atoms with van der Waals surface area (Å²) in [7, 11) is 1.68. The molecular weight excluding hydrogens is 228 g/mol. The summed E-state index contributed by atoms with van der Waals surface area (Å²) < 4.78 is 0. The molecule has 0 spiro atoms. The highest BCUT2D eigenvalue weighted by atomic mass is 16.3. The number of nitrogens with two attached hydrogens (primary N) is 1. The van der Waals surface area contributed by atoms with Crippen molar-refractivity contribution in [2.75, 3.05) is 18.6 Å². The summed E-state index contributed by atoms with van der Waals surface area (Å²) in [6.07, 6.45) is 0. The number of carbonyl (C=O) groups is 1. The maximum atomic E-state index is 11.9. The fourth-order valence-electron chi connectivity index (χ4n) is 1.79. The second-order valence-corrected chi connectivity index (χ2v) is 4.89. The van der Waals surface area contributed by atoms with Gasteiger partial charge in [-0.3, -0.25) is 4.79 Å². The van der Waals surface area contributed by atoms with E-state index in [1.54, 1.807) is 7.05 Å². The first-order chi connectivity index (χ1) is 8.38. The van der Waals surface area contributed by atoms with Gasteiger partial charge in [0.2, 0.25) is 5.91 Å². The third-order valence-corrected chi connectivity index (χ3v) is 3.11. The normalized spacial score (nSPS) is 12.6. The number of hydrogen-bond acceptors (Lipinski definition) is 3. The predicted molar refractivity (Wildman–Crippen MR) is 73.7 cm³/mol. The second kappa shape index (κ2) is 5.98. The molecule has 0 saturated heterocycles. The van der Waals surface area contributed by atoms with E-state index >= 15 is 0 Å². The van der Waals surface area contributed by atoms with Crippen molar-refractivity contribution < 1.29 is 9.90 Å². The predicted octanol–water partition coefficient (Wildman–Crippen LogP) is 1.40. The Bertz CT molecular complexity index is 430. The van der Waals surface area contributed by atoms with Crippen molar-refractivity contribution in [3.8, 4) is 0 Å². The third-order valence-electron chi connectivity index (χ3n) is 3.11. The minimum Gasteiger partial charge on any atom is -0.394 e. The van der Waals surface area contributed by atoms with Gasteiger partial charge in [0, 0.05) is 12.7 Å². The smallest absolute Gasteiger partial charge is 0.246 e. The summed E-state index contributed by atoms with van der Waals surface area (Å²) in [5.74, 6) is 0.126. The number of benzene rings is 1. The first-order valence-corrected chi connectivity index (χ1v) is 6.13. The van der Waals surface area contributed by atoms with Crippen LogP contribution in [0.2, 0.25) is 0 Å². The number of likely N-dealkylation sites (N-methyl/N-ethyl adjacent to an activating group) is 1. The first kappa shape index (κ1) is 14.7. The lowest BCUT2D eigenvalue weighted by molar-refractivity contribution is -0.120. The van der Waals surface area contributed by atoms with Crippen LogP contribution in [0.15, 0.2) is 18.2 Å². The van der Waals surface area contributed by atoms with Crippen LogP contribution in [0.1, 0.15) is 30.9 Å². The van der Waals surface area contributed by atoms with Gasteiger partial charge in [0.1, 0.15) is 6.04 Å². The highest BCUT2D eigenvalue weighted by Gasteiger charge is 2.20. The Labute approximate surface area is 108 Å². The van der Waals surface area contributed by atoms with Gasteiger partial charge in [-0.05, 0) is 30.0 Å². The van der Waals surface area contributed by atoms with Crippen LogP contribution in [0, 0.1) is 6.92 Å². The Kier molecular flexibility index (Phi) is 4.87. The van der Waals surface area contributed by atoms with Crippen molar-refractivity contribution in [2.24, 2.45) is 5.73 Å². The molecule has 0 radical (unpaired) electrons. The van der Waals surface area contributed by atoms with Gasteiger partial charge in [0.05, 0.1) is 6.61 Å². The fourth-order valence-corrected chi connectivity index (χ4v) is 1.79. The van der Waals surface area contributed by atoms with Crippen LogP contribution in [0.4, 0.5) is 5.69 Å². The molecule has 1 aromatic rings. The summed E-state index contributed by atoms with van der Waals surface area (Å²) >= 11 is 0. The van der Waals surface area contributed by atoms with Crippen molar-refractivity contribution >= 4 is 11.6 Å². The SMILES string of the molecule is Cc1ccc(C(C)C)cc1N(C)C(=O)C(N)CO. The molecule has 1 unspecified atom stereocenters. The van der Waals surface area contributed by atoms with Crippen LogP contribution < -0.4 is 10.6 Å². The van der Waals surface area contributed by atoms with Gasteiger partial charge in [-0.1, -0.05) is 26.0 Å². The number of hydrogen-bond donors (Lipinski definition) is 2. The summed E-state index contributed by atoms with van der Waals surface area (Å²) in [4.78, 5) is 13.5. The number of aryl methyl sites for hydroxylation is 1. The summed E-state index contributed by atoms with van der Waals surface area (Å²) in [6, 6.07) is 5.20. The summed E-state index contributed by atoms with van der Waals surface area (Å²) in [5.41, 5.74) is 8.59. The molecule has 0 fully saturated rings. The van der Waals surface area contributed by atoms with Crippen molar-refractivity contribution in [1.82, 2.24) is 0 Å². The van der Waals surface area contributed by atoms with Gasteiger partial charge in [-0.15, -0.1) is 0 Å². The zero-order valence-corrected chi connectivity index (χ0v) is 11.5. The molecule has 18 heavy (non-hydrogen) atoms. The van der Waals surface area contributed by atoms with Gasteiger partial charge in [-0.25, -0.2) is 0 Å². The van der Waals surface area contributed by atoms with E-state index in [9.17, 15) is 4.79 Å². The molecule has 0 aliphatic heterocycles. The van der Waals surface area contributed by atoms with Gasteiger partial charge >= 0.3 is 0 Å².